The average Bonchev–Trinajstić information content (AvgIpc) is 3.33. The summed E-state index contributed by atoms with van der Waals surface area (Å²) in [6.45, 7) is 10.1. The summed E-state index contributed by atoms with van der Waals surface area (Å²) >= 11 is 0. The molecule has 1 amide bonds. The third kappa shape index (κ3) is 5.24. The molecule has 8 heteroatoms. The Morgan fingerprint density at radius 2 is 1.67 bits per heavy atom. The first-order valence-electron chi connectivity index (χ1n) is 11.7. The van der Waals surface area contributed by atoms with E-state index in [0.29, 0.717) is 6.79 Å². The number of benzene rings is 2. The highest BCUT2D eigenvalue weighted by Crippen LogP contribution is 2.33. The first kappa shape index (κ1) is 22.0. The van der Waals surface area contributed by atoms with Gasteiger partial charge in [0.1, 0.15) is 0 Å². The van der Waals surface area contributed by atoms with Crippen LogP contribution in [0, 0.1) is 0 Å². The van der Waals surface area contributed by atoms with Crippen LogP contribution in [0.5, 0.6) is 11.5 Å². The van der Waals surface area contributed by atoms with Gasteiger partial charge in [0.2, 0.25) is 12.7 Å². The van der Waals surface area contributed by atoms with E-state index in [-0.39, 0.29) is 11.9 Å². The van der Waals surface area contributed by atoms with E-state index in [9.17, 15) is 4.79 Å². The topological polar surface area (TPSA) is 66.5 Å². The van der Waals surface area contributed by atoms with Crippen molar-refractivity contribution in [3.8, 4) is 11.5 Å². The summed E-state index contributed by atoms with van der Waals surface area (Å²) in [5.41, 5.74) is 3.23. The molecule has 33 heavy (non-hydrogen) atoms. The molecule has 2 aromatic carbocycles. The van der Waals surface area contributed by atoms with Gasteiger partial charge in [0, 0.05) is 57.2 Å². The van der Waals surface area contributed by atoms with E-state index in [2.05, 4.69) is 44.3 Å². The lowest BCUT2D eigenvalue weighted by molar-refractivity contribution is -0.121. The maximum atomic E-state index is 12.9. The van der Waals surface area contributed by atoms with Gasteiger partial charge in [-0.1, -0.05) is 6.07 Å². The van der Waals surface area contributed by atoms with E-state index in [4.69, 9.17) is 14.2 Å². The van der Waals surface area contributed by atoms with Crippen LogP contribution in [0.2, 0.25) is 0 Å². The Morgan fingerprint density at radius 1 is 0.939 bits per heavy atom. The Hall–Kier alpha value is -2.81. The van der Waals surface area contributed by atoms with E-state index in [1.165, 1.54) is 11.3 Å². The zero-order valence-electron chi connectivity index (χ0n) is 19.2. The van der Waals surface area contributed by atoms with Crippen molar-refractivity contribution in [2.45, 2.75) is 19.5 Å². The molecule has 2 fully saturated rings. The molecule has 1 atom stereocenters. The Bertz CT molecular complexity index is 953. The summed E-state index contributed by atoms with van der Waals surface area (Å²) < 4.78 is 16.3. The molecule has 0 aliphatic carbocycles. The smallest absolute Gasteiger partial charge is 0.241 e. The number of piperazine rings is 1. The summed E-state index contributed by atoms with van der Waals surface area (Å²) in [5.74, 6) is 1.69. The highest BCUT2D eigenvalue weighted by atomic mass is 16.7. The fraction of sp³-hybridized carbons (Fsp3) is 0.480. The van der Waals surface area contributed by atoms with Gasteiger partial charge < -0.3 is 24.4 Å². The molecular weight excluding hydrogens is 420 g/mol. The first-order valence-corrected chi connectivity index (χ1v) is 11.7. The number of fused-ring (bicyclic) bond motifs is 1. The van der Waals surface area contributed by atoms with Gasteiger partial charge in [-0.05, 0) is 48.9 Å². The Kier molecular flexibility index (Phi) is 6.66. The molecule has 8 nitrogen and oxygen atoms in total. The number of nitrogens with one attached hydrogen (secondary N) is 1. The van der Waals surface area contributed by atoms with Crippen molar-refractivity contribution in [2.75, 3.05) is 69.5 Å². The molecule has 3 aliphatic rings. The van der Waals surface area contributed by atoms with Gasteiger partial charge >= 0.3 is 0 Å². The van der Waals surface area contributed by atoms with Gasteiger partial charge in [0.25, 0.3) is 0 Å². The molecule has 2 saturated heterocycles. The molecule has 3 aliphatic heterocycles. The SMILES string of the molecule is C[C@@H](C(=O)Nc1ccc(N2CCOCC2)cc1)N1CCN(Cc2ccc3c(c2)OCO3)CC1. The van der Waals surface area contributed by atoms with E-state index >= 15 is 0 Å². The predicted molar refractivity (Wildman–Crippen MR) is 127 cm³/mol. The predicted octanol–water partition coefficient (Wildman–Crippen LogP) is 2.40. The molecule has 0 saturated carbocycles. The van der Waals surface area contributed by atoms with Crippen molar-refractivity contribution in [3.05, 3.63) is 48.0 Å². The second-order valence-electron chi connectivity index (χ2n) is 8.81. The Balaban J connectivity index is 1.09. The van der Waals surface area contributed by atoms with Crippen LogP contribution < -0.4 is 19.7 Å². The van der Waals surface area contributed by atoms with Crippen LogP contribution in [-0.2, 0) is 16.1 Å². The second kappa shape index (κ2) is 9.99. The van der Waals surface area contributed by atoms with E-state index in [0.717, 1.165) is 76.2 Å². The molecule has 0 unspecified atom stereocenters. The lowest BCUT2D eigenvalue weighted by atomic mass is 10.1. The number of ether oxygens (including phenoxy) is 3. The number of anilines is 2. The van der Waals surface area contributed by atoms with E-state index in [1.54, 1.807) is 0 Å². The summed E-state index contributed by atoms with van der Waals surface area (Å²) in [7, 11) is 0. The molecule has 5 rings (SSSR count). The molecule has 1 N–H and O–H groups in total. The van der Waals surface area contributed by atoms with Crippen molar-refractivity contribution in [1.82, 2.24) is 9.80 Å². The quantitative estimate of drug-likeness (QED) is 0.722. The van der Waals surface area contributed by atoms with Crippen LogP contribution in [0.15, 0.2) is 42.5 Å². The van der Waals surface area contributed by atoms with Gasteiger partial charge in [-0.25, -0.2) is 0 Å². The summed E-state index contributed by atoms with van der Waals surface area (Å²) in [5, 5.41) is 3.08. The largest absolute Gasteiger partial charge is 0.454 e. The molecule has 0 spiro atoms. The fourth-order valence-electron chi connectivity index (χ4n) is 4.60. The van der Waals surface area contributed by atoms with Crippen molar-refractivity contribution in [1.29, 1.82) is 0 Å². The number of carbonyl (C=O) groups excluding carboxylic acids is 1. The van der Waals surface area contributed by atoms with Gasteiger partial charge in [0.05, 0.1) is 19.3 Å². The Labute approximate surface area is 195 Å². The summed E-state index contributed by atoms with van der Waals surface area (Å²) in [4.78, 5) is 19.8. The lowest BCUT2D eigenvalue weighted by Crippen LogP contribution is -2.52. The van der Waals surface area contributed by atoms with Crippen LogP contribution >= 0.6 is 0 Å². The fourth-order valence-corrected chi connectivity index (χ4v) is 4.60. The highest BCUT2D eigenvalue weighted by molar-refractivity contribution is 5.94. The van der Waals surface area contributed by atoms with Crippen LogP contribution in [0.1, 0.15) is 12.5 Å². The third-order valence-electron chi connectivity index (χ3n) is 6.69. The minimum absolute atomic E-state index is 0.0401. The van der Waals surface area contributed by atoms with Crippen LogP contribution in [0.25, 0.3) is 0 Å². The van der Waals surface area contributed by atoms with Gasteiger partial charge in [0.15, 0.2) is 11.5 Å². The van der Waals surface area contributed by atoms with Crippen LogP contribution in [0.3, 0.4) is 0 Å². The number of nitrogens with zero attached hydrogens (tertiary/aromatic N) is 3. The third-order valence-corrected chi connectivity index (χ3v) is 6.69. The zero-order chi connectivity index (χ0) is 22.6. The van der Waals surface area contributed by atoms with Crippen molar-refractivity contribution in [2.24, 2.45) is 0 Å². The highest BCUT2D eigenvalue weighted by Gasteiger charge is 2.26. The van der Waals surface area contributed by atoms with Gasteiger partial charge in [-0.3, -0.25) is 14.6 Å². The van der Waals surface area contributed by atoms with Crippen molar-refractivity contribution >= 4 is 17.3 Å². The molecule has 3 heterocycles. The Morgan fingerprint density at radius 3 is 2.42 bits per heavy atom. The zero-order valence-corrected chi connectivity index (χ0v) is 19.2. The van der Waals surface area contributed by atoms with Gasteiger partial charge in [-0.2, -0.15) is 0 Å². The molecule has 176 valence electrons. The monoisotopic (exact) mass is 452 g/mol. The minimum Gasteiger partial charge on any atom is -0.454 e. The average molecular weight is 453 g/mol. The summed E-state index contributed by atoms with van der Waals surface area (Å²) in [6, 6.07) is 14.1. The van der Waals surface area contributed by atoms with E-state index in [1.807, 2.05) is 25.1 Å². The number of rotatable bonds is 6. The molecule has 0 radical (unpaired) electrons. The number of amides is 1. The number of hydrogen-bond donors (Lipinski definition) is 1. The minimum atomic E-state index is -0.170. The second-order valence-corrected chi connectivity index (χ2v) is 8.81. The maximum Gasteiger partial charge on any atom is 0.241 e. The number of hydrogen-bond acceptors (Lipinski definition) is 7. The standard InChI is InChI=1S/C25H32N4O4/c1-19(25(30)26-21-3-5-22(6-4-21)29-12-14-31-15-13-29)28-10-8-27(9-11-28)17-20-2-7-23-24(16-20)33-18-32-23/h2-7,16,19H,8-15,17-18H2,1H3,(H,26,30)/t19-/m0/s1. The number of morpholine rings is 1. The van der Waals surface area contributed by atoms with Crippen molar-refractivity contribution < 1.29 is 19.0 Å². The van der Waals surface area contributed by atoms with Crippen LogP contribution in [-0.4, -0.2) is 81.0 Å². The summed E-state index contributed by atoms with van der Waals surface area (Å²) in [6.07, 6.45) is 0. The number of carbonyl (C=O) groups is 1. The molecule has 2 aromatic rings. The molecule has 0 aromatic heterocycles. The normalized spacial score (nSPS) is 20.0. The van der Waals surface area contributed by atoms with E-state index < -0.39 is 0 Å². The molecular formula is C25H32N4O4. The maximum absolute atomic E-state index is 12.9. The molecule has 0 bridgehead atoms. The lowest BCUT2D eigenvalue weighted by Gasteiger charge is -2.37. The van der Waals surface area contributed by atoms with Crippen LogP contribution in [0.4, 0.5) is 11.4 Å². The van der Waals surface area contributed by atoms with Gasteiger partial charge in [-0.15, -0.1) is 0 Å². The first-order chi connectivity index (χ1) is 16.2. The van der Waals surface area contributed by atoms with Crippen molar-refractivity contribution in [3.63, 3.8) is 0 Å².